The Hall–Kier alpha value is -2.39. The number of hydrogen-bond acceptors (Lipinski definition) is 6. The molecular formula is C23H25Cl2FN6O. The first-order chi connectivity index (χ1) is 15.9. The second-order valence-electron chi connectivity index (χ2n) is 8.78. The van der Waals surface area contributed by atoms with Crippen molar-refractivity contribution in [3.8, 4) is 16.9 Å². The number of nitrogens with two attached hydrogens (primary N) is 1. The molecule has 4 N–H and O–H groups in total. The second-order valence-corrected chi connectivity index (χ2v) is 9.57. The van der Waals surface area contributed by atoms with E-state index >= 15 is 0 Å². The van der Waals surface area contributed by atoms with Gasteiger partial charge in [-0.25, -0.2) is 9.37 Å². The van der Waals surface area contributed by atoms with Gasteiger partial charge in [-0.1, -0.05) is 23.2 Å². The molecule has 2 unspecified atom stereocenters. The molecule has 2 aromatic heterocycles. The van der Waals surface area contributed by atoms with Gasteiger partial charge >= 0.3 is 0 Å². The van der Waals surface area contributed by atoms with Gasteiger partial charge in [0.05, 0.1) is 17.3 Å². The number of nitrogens with zero attached hydrogens (tertiary/aromatic N) is 3. The second kappa shape index (κ2) is 8.76. The van der Waals surface area contributed by atoms with Crippen LogP contribution in [0.25, 0.3) is 11.1 Å². The topological polar surface area (TPSA) is 90.0 Å². The van der Waals surface area contributed by atoms with Crippen LogP contribution in [0, 0.1) is 11.2 Å². The van der Waals surface area contributed by atoms with Crippen LogP contribution in [0.3, 0.4) is 0 Å². The fraction of sp³-hybridized carbons (Fsp3) is 0.391. The van der Waals surface area contributed by atoms with E-state index in [1.807, 2.05) is 12.3 Å². The minimum atomic E-state index is -0.636. The van der Waals surface area contributed by atoms with Crippen molar-refractivity contribution < 1.29 is 9.13 Å². The zero-order valence-electron chi connectivity index (χ0n) is 18.1. The number of hydrogen-bond donors (Lipinski definition) is 3. The first-order valence-electron chi connectivity index (χ1n) is 10.9. The van der Waals surface area contributed by atoms with Gasteiger partial charge in [0.1, 0.15) is 11.9 Å². The summed E-state index contributed by atoms with van der Waals surface area (Å²) in [6.45, 7) is 5.69. The van der Waals surface area contributed by atoms with Gasteiger partial charge in [0.15, 0.2) is 11.6 Å². The summed E-state index contributed by atoms with van der Waals surface area (Å²) in [6.07, 6.45) is 5.98. The van der Waals surface area contributed by atoms with Crippen molar-refractivity contribution in [1.29, 1.82) is 0 Å². The van der Waals surface area contributed by atoms with E-state index in [1.54, 1.807) is 13.1 Å². The zero-order valence-corrected chi connectivity index (χ0v) is 19.6. The highest BCUT2D eigenvalue weighted by Gasteiger charge is 2.46. The van der Waals surface area contributed by atoms with E-state index in [9.17, 15) is 4.39 Å². The molecule has 2 fully saturated rings. The van der Waals surface area contributed by atoms with Crippen LogP contribution in [0.4, 0.5) is 10.2 Å². The molecule has 0 aliphatic carbocycles. The van der Waals surface area contributed by atoms with Crippen molar-refractivity contribution in [2.24, 2.45) is 5.41 Å². The average Bonchev–Trinajstić information content (AvgIpc) is 3.27. The number of anilines is 1. The monoisotopic (exact) mass is 490 g/mol. The van der Waals surface area contributed by atoms with Gasteiger partial charge in [0, 0.05) is 59.2 Å². The summed E-state index contributed by atoms with van der Waals surface area (Å²) in [5.41, 5.74) is 8.38. The highest BCUT2D eigenvalue weighted by molar-refractivity contribution is 6.36. The van der Waals surface area contributed by atoms with Crippen LogP contribution in [-0.2, 0) is 0 Å². The minimum Gasteiger partial charge on any atom is -0.482 e. The van der Waals surface area contributed by atoms with Crippen molar-refractivity contribution in [3.05, 3.63) is 58.2 Å². The van der Waals surface area contributed by atoms with Crippen molar-refractivity contribution in [2.75, 3.05) is 31.9 Å². The van der Waals surface area contributed by atoms with Gasteiger partial charge in [-0.3, -0.25) is 4.68 Å². The molecule has 7 nitrogen and oxygen atoms in total. The quantitative estimate of drug-likeness (QED) is 0.463. The van der Waals surface area contributed by atoms with Crippen LogP contribution < -0.4 is 21.1 Å². The Kier molecular flexibility index (Phi) is 5.95. The van der Waals surface area contributed by atoms with E-state index in [4.69, 9.17) is 33.7 Å². The number of benzene rings is 1. The van der Waals surface area contributed by atoms with Crippen molar-refractivity contribution in [2.45, 2.75) is 25.5 Å². The molecule has 1 aromatic carbocycles. The highest BCUT2D eigenvalue weighted by atomic mass is 35.5. The first kappa shape index (κ1) is 22.4. The molecule has 2 atom stereocenters. The summed E-state index contributed by atoms with van der Waals surface area (Å²) in [5.74, 6) is 0.0290. The van der Waals surface area contributed by atoms with Crippen LogP contribution in [0.2, 0.25) is 10.0 Å². The molecule has 2 aliphatic rings. The van der Waals surface area contributed by atoms with E-state index in [1.165, 1.54) is 12.1 Å². The normalized spacial score (nSPS) is 20.4. The van der Waals surface area contributed by atoms with Crippen LogP contribution in [0.5, 0.6) is 5.75 Å². The molecule has 10 heteroatoms. The maximum atomic E-state index is 14.0. The highest BCUT2D eigenvalue weighted by Crippen LogP contribution is 2.41. The number of aromatic nitrogens is 3. The molecule has 33 heavy (non-hydrogen) atoms. The molecule has 174 valence electrons. The molecule has 4 heterocycles. The van der Waals surface area contributed by atoms with Crippen molar-refractivity contribution >= 4 is 29.0 Å². The van der Waals surface area contributed by atoms with Gasteiger partial charge < -0.3 is 21.1 Å². The maximum Gasteiger partial charge on any atom is 0.166 e. The third-order valence-electron chi connectivity index (χ3n) is 6.66. The summed E-state index contributed by atoms with van der Waals surface area (Å²) < 4.78 is 22.1. The van der Waals surface area contributed by atoms with Gasteiger partial charge in [0.2, 0.25) is 0 Å². The van der Waals surface area contributed by atoms with Crippen LogP contribution in [0.1, 0.15) is 31.1 Å². The van der Waals surface area contributed by atoms with Gasteiger partial charge in [-0.2, -0.15) is 5.10 Å². The predicted molar refractivity (Wildman–Crippen MR) is 127 cm³/mol. The third kappa shape index (κ3) is 4.05. The smallest absolute Gasteiger partial charge is 0.166 e. The van der Waals surface area contributed by atoms with E-state index in [0.29, 0.717) is 22.4 Å². The van der Waals surface area contributed by atoms with E-state index in [2.05, 4.69) is 31.6 Å². The molecule has 0 saturated carbocycles. The van der Waals surface area contributed by atoms with E-state index in [0.717, 1.165) is 43.7 Å². The number of piperidine rings is 1. The number of nitrogen functional groups attached to an aromatic ring is 1. The zero-order chi connectivity index (χ0) is 23.2. The number of ether oxygens (including phenoxy) is 1. The Labute approximate surface area is 201 Å². The summed E-state index contributed by atoms with van der Waals surface area (Å²) >= 11 is 12.4. The summed E-state index contributed by atoms with van der Waals surface area (Å²) in [4.78, 5) is 4.30. The molecule has 2 aliphatic heterocycles. The number of pyridine rings is 1. The largest absolute Gasteiger partial charge is 0.482 e. The SMILES string of the molecule is CC(Oc1cc(-c2cnn(C3CCNCC34CNC4)c2)cnc1N)c1c(Cl)ccc(F)c1Cl. The summed E-state index contributed by atoms with van der Waals surface area (Å²) in [6, 6.07) is 4.82. The van der Waals surface area contributed by atoms with Crippen LogP contribution >= 0.6 is 23.2 Å². The van der Waals surface area contributed by atoms with Gasteiger partial charge in [-0.05, 0) is 38.1 Å². The third-order valence-corrected chi connectivity index (χ3v) is 7.37. The molecule has 0 radical (unpaired) electrons. The Morgan fingerprint density at radius 2 is 2.00 bits per heavy atom. The van der Waals surface area contributed by atoms with E-state index in [-0.39, 0.29) is 16.3 Å². The predicted octanol–water partition coefficient (Wildman–Crippen LogP) is 4.24. The van der Waals surface area contributed by atoms with Crippen LogP contribution in [-0.4, -0.2) is 40.9 Å². The van der Waals surface area contributed by atoms with Gasteiger partial charge in [-0.15, -0.1) is 0 Å². The minimum absolute atomic E-state index is 0.0691. The fourth-order valence-electron chi connectivity index (χ4n) is 4.75. The lowest BCUT2D eigenvalue weighted by Gasteiger charge is -2.51. The van der Waals surface area contributed by atoms with Crippen molar-refractivity contribution in [1.82, 2.24) is 25.4 Å². The summed E-state index contributed by atoms with van der Waals surface area (Å²) in [5, 5.41) is 11.8. The molecule has 2 saturated heterocycles. The maximum absolute atomic E-state index is 14.0. The van der Waals surface area contributed by atoms with Crippen molar-refractivity contribution in [3.63, 3.8) is 0 Å². The average molecular weight is 491 g/mol. The van der Waals surface area contributed by atoms with Crippen LogP contribution in [0.15, 0.2) is 36.8 Å². The Morgan fingerprint density at radius 3 is 2.76 bits per heavy atom. The number of rotatable bonds is 5. The lowest BCUT2D eigenvalue weighted by Crippen LogP contribution is -2.64. The molecule has 1 spiro atoms. The lowest BCUT2D eigenvalue weighted by molar-refractivity contribution is 0.0481. The number of halogens is 3. The first-order valence-corrected chi connectivity index (χ1v) is 11.6. The van der Waals surface area contributed by atoms with E-state index < -0.39 is 11.9 Å². The fourth-order valence-corrected chi connectivity index (χ4v) is 5.43. The molecular weight excluding hydrogens is 466 g/mol. The number of nitrogens with one attached hydrogen (secondary N) is 2. The Bertz CT molecular complexity index is 1180. The molecule has 0 amide bonds. The Morgan fingerprint density at radius 1 is 1.21 bits per heavy atom. The lowest BCUT2D eigenvalue weighted by atomic mass is 9.71. The van der Waals surface area contributed by atoms with Gasteiger partial charge in [0.25, 0.3) is 0 Å². The molecule has 5 rings (SSSR count). The standard InChI is InChI=1S/C23H25Cl2FN6O/c1-13(20-16(24)2-3-17(26)21(20)25)33-18-6-14(7-30-22(18)27)15-8-31-32(9-15)19-4-5-28-10-23(19)11-29-12-23/h2-3,6-9,13,19,28-29H,4-5,10-12H2,1H3,(H2,27,30). The Balaban J connectivity index is 1.40. The molecule has 0 bridgehead atoms. The summed E-state index contributed by atoms with van der Waals surface area (Å²) in [7, 11) is 0. The molecule has 3 aromatic rings.